The third kappa shape index (κ3) is 4.99. The van der Waals surface area contributed by atoms with Gasteiger partial charge < -0.3 is 10.1 Å². The van der Waals surface area contributed by atoms with Crippen LogP contribution < -0.4 is 10.1 Å². The summed E-state index contributed by atoms with van der Waals surface area (Å²) in [7, 11) is 0. The maximum Gasteiger partial charge on any atom is 0.226 e. The predicted octanol–water partition coefficient (Wildman–Crippen LogP) is 3.61. The molecule has 0 unspecified atom stereocenters. The van der Waals surface area contributed by atoms with E-state index in [2.05, 4.69) is 15.5 Å². The van der Waals surface area contributed by atoms with Crippen LogP contribution in [0.4, 0.5) is 5.13 Å². The van der Waals surface area contributed by atoms with Crippen LogP contribution in [0.3, 0.4) is 0 Å². The summed E-state index contributed by atoms with van der Waals surface area (Å²) in [5, 5.41) is 12.4. The summed E-state index contributed by atoms with van der Waals surface area (Å²) in [5.74, 6) is 0.710. The van der Waals surface area contributed by atoms with Crippen molar-refractivity contribution in [1.29, 1.82) is 0 Å². The zero-order chi connectivity index (χ0) is 15.2. The molecular formula is C14H16ClN3O2S. The van der Waals surface area contributed by atoms with Crippen molar-refractivity contribution in [2.75, 3.05) is 11.9 Å². The van der Waals surface area contributed by atoms with Gasteiger partial charge in [-0.25, -0.2) is 0 Å². The van der Waals surface area contributed by atoms with E-state index < -0.39 is 0 Å². The Morgan fingerprint density at radius 2 is 2.19 bits per heavy atom. The lowest BCUT2D eigenvalue weighted by Gasteiger charge is -2.09. The van der Waals surface area contributed by atoms with Crippen LogP contribution in [-0.4, -0.2) is 22.7 Å². The third-order valence-electron chi connectivity index (χ3n) is 2.72. The number of ether oxygens (including phenoxy) is 1. The second kappa shape index (κ2) is 7.38. The SMILES string of the molecule is Cc1nnc(NC(=O)CCCOc2ccc(Cl)cc2C)s1. The lowest BCUT2D eigenvalue weighted by atomic mass is 10.2. The van der Waals surface area contributed by atoms with Gasteiger partial charge in [-0.2, -0.15) is 0 Å². The monoisotopic (exact) mass is 325 g/mol. The fourth-order valence-corrected chi connectivity index (χ4v) is 2.55. The first-order valence-electron chi connectivity index (χ1n) is 6.53. The molecule has 0 aliphatic heterocycles. The summed E-state index contributed by atoms with van der Waals surface area (Å²) < 4.78 is 5.63. The van der Waals surface area contributed by atoms with E-state index in [-0.39, 0.29) is 5.91 Å². The van der Waals surface area contributed by atoms with E-state index in [0.29, 0.717) is 29.6 Å². The molecule has 1 amide bonds. The van der Waals surface area contributed by atoms with Crippen molar-refractivity contribution in [2.45, 2.75) is 26.7 Å². The molecule has 1 aromatic heterocycles. The first-order chi connectivity index (χ1) is 10.0. The molecule has 0 fully saturated rings. The van der Waals surface area contributed by atoms with Crippen LogP contribution in [-0.2, 0) is 4.79 Å². The van der Waals surface area contributed by atoms with Gasteiger partial charge in [0.1, 0.15) is 10.8 Å². The number of nitrogens with zero attached hydrogens (tertiary/aromatic N) is 2. The molecular weight excluding hydrogens is 310 g/mol. The number of hydrogen-bond acceptors (Lipinski definition) is 5. The van der Waals surface area contributed by atoms with E-state index in [1.165, 1.54) is 11.3 Å². The van der Waals surface area contributed by atoms with Crippen molar-refractivity contribution in [2.24, 2.45) is 0 Å². The van der Waals surface area contributed by atoms with Gasteiger partial charge in [-0.15, -0.1) is 10.2 Å². The van der Waals surface area contributed by atoms with Gasteiger partial charge in [-0.1, -0.05) is 22.9 Å². The molecule has 0 saturated heterocycles. The molecule has 0 atom stereocenters. The molecule has 2 aromatic rings. The Balaban J connectivity index is 1.70. The maximum atomic E-state index is 11.7. The second-order valence-corrected chi connectivity index (χ2v) is 6.15. The molecule has 0 saturated carbocycles. The average molecular weight is 326 g/mol. The number of aromatic nitrogens is 2. The molecule has 21 heavy (non-hydrogen) atoms. The minimum Gasteiger partial charge on any atom is -0.493 e. The van der Waals surface area contributed by atoms with Crippen molar-refractivity contribution < 1.29 is 9.53 Å². The second-order valence-electron chi connectivity index (χ2n) is 4.54. The molecule has 0 spiro atoms. The van der Waals surface area contributed by atoms with Crippen molar-refractivity contribution in [1.82, 2.24) is 10.2 Å². The Labute approximate surface area is 132 Å². The number of carbonyl (C=O) groups is 1. The molecule has 0 radical (unpaired) electrons. The smallest absolute Gasteiger partial charge is 0.226 e. The highest BCUT2D eigenvalue weighted by Gasteiger charge is 2.06. The topological polar surface area (TPSA) is 64.1 Å². The first-order valence-corrected chi connectivity index (χ1v) is 7.73. The Bertz CT molecular complexity index is 630. The molecule has 0 aliphatic rings. The van der Waals surface area contributed by atoms with E-state index >= 15 is 0 Å². The number of hydrogen-bond donors (Lipinski definition) is 1. The number of anilines is 1. The fraction of sp³-hybridized carbons (Fsp3) is 0.357. The zero-order valence-corrected chi connectivity index (χ0v) is 13.4. The van der Waals surface area contributed by atoms with Gasteiger partial charge in [0.25, 0.3) is 0 Å². The summed E-state index contributed by atoms with van der Waals surface area (Å²) in [6, 6.07) is 5.47. The molecule has 5 nitrogen and oxygen atoms in total. The van der Waals surface area contributed by atoms with E-state index in [1.807, 2.05) is 26.0 Å². The molecule has 1 aromatic carbocycles. The largest absolute Gasteiger partial charge is 0.493 e. The predicted molar refractivity (Wildman–Crippen MR) is 84.2 cm³/mol. The molecule has 1 heterocycles. The van der Waals surface area contributed by atoms with Gasteiger partial charge in [-0.05, 0) is 44.0 Å². The van der Waals surface area contributed by atoms with Crippen molar-refractivity contribution in [3.05, 3.63) is 33.8 Å². The van der Waals surface area contributed by atoms with Gasteiger partial charge in [0.15, 0.2) is 0 Å². The number of amides is 1. The van der Waals surface area contributed by atoms with Crippen LogP contribution in [0.15, 0.2) is 18.2 Å². The van der Waals surface area contributed by atoms with Crippen LogP contribution in [0, 0.1) is 13.8 Å². The normalized spacial score (nSPS) is 10.4. The standard InChI is InChI=1S/C14H16ClN3O2S/c1-9-8-11(15)5-6-12(9)20-7-3-4-13(19)16-14-18-17-10(2)21-14/h5-6,8H,3-4,7H2,1-2H3,(H,16,18,19). The van der Waals surface area contributed by atoms with E-state index in [4.69, 9.17) is 16.3 Å². The lowest BCUT2D eigenvalue weighted by molar-refractivity contribution is -0.116. The minimum atomic E-state index is -0.0809. The van der Waals surface area contributed by atoms with Crippen molar-refractivity contribution >= 4 is 34.0 Å². The van der Waals surface area contributed by atoms with Crippen molar-refractivity contribution in [3.63, 3.8) is 0 Å². The van der Waals surface area contributed by atoms with Crippen LogP contribution in [0.1, 0.15) is 23.4 Å². The van der Waals surface area contributed by atoms with Gasteiger partial charge in [0.05, 0.1) is 6.61 Å². The number of halogens is 1. The zero-order valence-electron chi connectivity index (χ0n) is 11.9. The molecule has 112 valence electrons. The van der Waals surface area contributed by atoms with E-state index in [9.17, 15) is 4.79 Å². The van der Waals surface area contributed by atoms with Crippen LogP contribution in [0.2, 0.25) is 5.02 Å². The number of rotatable bonds is 6. The summed E-state index contributed by atoms with van der Waals surface area (Å²) in [4.78, 5) is 11.7. The van der Waals surface area contributed by atoms with Gasteiger partial charge >= 0.3 is 0 Å². The molecule has 0 aliphatic carbocycles. The third-order valence-corrected chi connectivity index (χ3v) is 3.70. The minimum absolute atomic E-state index is 0.0809. The fourth-order valence-electron chi connectivity index (χ4n) is 1.72. The van der Waals surface area contributed by atoms with Crippen LogP contribution >= 0.6 is 22.9 Å². The van der Waals surface area contributed by atoms with Gasteiger partial charge in [0, 0.05) is 11.4 Å². The number of aryl methyl sites for hydroxylation is 2. The van der Waals surface area contributed by atoms with E-state index in [1.54, 1.807) is 6.07 Å². The Hall–Kier alpha value is -1.66. The summed E-state index contributed by atoms with van der Waals surface area (Å²) in [5.41, 5.74) is 0.983. The molecule has 1 N–H and O–H groups in total. The highest BCUT2D eigenvalue weighted by Crippen LogP contribution is 2.22. The number of nitrogens with one attached hydrogen (secondary N) is 1. The quantitative estimate of drug-likeness (QED) is 0.824. The van der Waals surface area contributed by atoms with Gasteiger partial charge in [0.2, 0.25) is 11.0 Å². The summed E-state index contributed by atoms with van der Waals surface area (Å²) in [6.07, 6.45) is 1.01. The number of benzene rings is 1. The summed E-state index contributed by atoms with van der Waals surface area (Å²) in [6.45, 7) is 4.26. The Kier molecular flexibility index (Phi) is 5.52. The molecule has 0 bridgehead atoms. The highest BCUT2D eigenvalue weighted by molar-refractivity contribution is 7.15. The average Bonchev–Trinajstić information content (AvgIpc) is 2.82. The first kappa shape index (κ1) is 15.7. The molecule has 7 heteroatoms. The van der Waals surface area contributed by atoms with Crippen molar-refractivity contribution in [3.8, 4) is 5.75 Å². The summed E-state index contributed by atoms with van der Waals surface area (Å²) >= 11 is 7.24. The maximum absolute atomic E-state index is 11.7. The Morgan fingerprint density at radius 1 is 1.38 bits per heavy atom. The van der Waals surface area contributed by atoms with Crippen LogP contribution in [0.5, 0.6) is 5.75 Å². The lowest BCUT2D eigenvalue weighted by Crippen LogP contribution is -2.12. The Morgan fingerprint density at radius 3 is 2.86 bits per heavy atom. The number of carbonyl (C=O) groups excluding carboxylic acids is 1. The van der Waals surface area contributed by atoms with Crippen LogP contribution in [0.25, 0.3) is 0 Å². The van der Waals surface area contributed by atoms with E-state index in [0.717, 1.165) is 16.3 Å². The molecule has 2 rings (SSSR count). The highest BCUT2D eigenvalue weighted by atomic mass is 35.5. The van der Waals surface area contributed by atoms with Gasteiger partial charge in [-0.3, -0.25) is 4.79 Å².